The molecular weight excluding hydrogens is 364 g/mol. The van der Waals surface area contributed by atoms with Gasteiger partial charge in [0.25, 0.3) is 5.91 Å². The fourth-order valence-electron chi connectivity index (χ4n) is 2.98. The van der Waals surface area contributed by atoms with E-state index in [0.29, 0.717) is 22.5 Å². The molecule has 0 bridgehead atoms. The number of aromatic nitrogens is 2. The van der Waals surface area contributed by atoms with Crippen LogP contribution in [-0.2, 0) is 17.9 Å². The Morgan fingerprint density at radius 2 is 1.85 bits per heavy atom. The van der Waals surface area contributed by atoms with Crippen molar-refractivity contribution >= 4 is 34.4 Å². The van der Waals surface area contributed by atoms with E-state index in [9.17, 15) is 9.59 Å². The lowest BCUT2D eigenvalue weighted by Crippen LogP contribution is -2.31. The van der Waals surface area contributed by atoms with Gasteiger partial charge in [-0.1, -0.05) is 35.9 Å². The number of halogens is 1. The Kier molecular flexibility index (Phi) is 4.81. The van der Waals surface area contributed by atoms with E-state index in [1.807, 2.05) is 28.8 Å². The molecule has 6 nitrogen and oxygen atoms in total. The molecule has 0 unspecified atom stereocenters. The molecule has 4 rings (SSSR count). The molecule has 1 fully saturated rings. The average Bonchev–Trinajstić information content (AvgIpc) is 3.41. The monoisotopic (exact) mass is 382 g/mol. The summed E-state index contributed by atoms with van der Waals surface area (Å²) in [6, 6.07) is 14.8. The molecule has 1 heterocycles. The van der Waals surface area contributed by atoms with Crippen LogP contribution in [0.25, 0.3) is 11.0 Å². The molecule has 138 valence electrons. The van der Waals surface area contributed by atoms with Gasteiger partial charge in [0, 0.05) is 6.04 Å². The van der Waals surface area contributed by atoms with Crippen LogP contribution in [0.2, 0.25) is 5.02 Å². The first-order chi connectivity index (χ1) is 13.1. The number of hydrogen-bond acceptors (Lipinski definition) is 3. The molecule has 0 aliphatic heterocycles. The third-order valence-electron chi connectivity index (χ3n) is 4.50. The Bertz CT molecular complexity index is 1010. The molecule has 1 aliphatic rings. The van der Waals surface area contributed by atoms with Gasteiger partial charge in [-0.3, -0.25) is 9.59 Å². The van der Waals surface area contributed by atoms with Crippen molar-refractivity contribution in [2.45, 2.75) is 32.0 Å². The van der Waals surface area contributed by atoms with Crippen LogP contribution >= 0.6 is 11.6 Å². The number of benzene rings is 2. The summed E-state index contributed by atoms with van der Waals surface area (Å²) in [5, 5.41) is 6.23. The van der Waals surface area contributed by atoms with Crippen LogP contribution in [0.3, 0.4) is 0 Å². The number of rotatable bonds is 6. The predicted molar refractivity (Wildman–Crippen MR) is 104 cm³/mol. The third kappa shape index (κ3) is 3.95. The standard InChI is InChI=1S/C20H19ClN4O2/c21-15-6-2-1-5-14(15)20(27)22-11-18-24-16-7-3-4-8-17(16)25(18)12-19(26)23-13-9-10-13/h1-8,13H,9-12H2,(H,22,27)(H,23,26). The highest BCUT2D eigenvalue weighted by Crippen LogP contribution is 2.20. The summed E-state index contributed by atoms with van der Waals surface area (Å²) in [5.41, 5.74) is 2.07. The number of para-hydroxylation sites is 2. The lowest BCUT2D eigenvalue weighted by Gasteiger charge is -2.11. The molecule has 3 aromatic rings. The summed E-state index contributed by atoms with van der Waals surface area (Å²) in [4.78, 5) is 29.3. The zero-order valence-corrected chi connectivity index (χ0v) is 15.4. The van der Waals surface area contributed by atoms with E-state index in [0.717, 1.165) is 23.9 Å². The maximum absolute atomic E-state index is 12.4. The maximum atomic E-state index is 12.4. The molecule has 0 saturated heterocycles. The SMILES string of the molecule is O=C(Cn1c(CNC(=O)c2ccccc2Cl)nc2ccccc21)NC1CC1. The van der Waals surface area contributed by atoms with E-state index in [1.54, 1.807) is 24.3 Å². The van der Waals surface area contributed by atoms with Gasteiger partial charge in [-0.15, -0.1) is 0 Å². The van der Waals surface area contributed by atoms with E-state index >= 15 is 0 Å². The second kappa shape index (κ2) is 7.40. The highest BCUT2D eigenvalue weighted by atomic mass is 35.5. The van der Waals surface area contributed by atoms with Crippen molar-refractivity contribution in [2.24, 2.45) is 0 Å². The molecule has 27 heavy (non-hydrogen) atoms. The largest absolute Gasteiger partial charge is 0.352 e. The molecule has 0 atom stereocenters. The van der Waals surface area contributed by atoms with Crippen LogP contribution in [0, 0.1) is 0 Å². The predicted octanol–water partition coefficient (Wildman–Crippen LogP) is 2.90. The minimum atomic E-state index is -0.276. The first-order valence-electron chi connectivity index (χ1n) is 8.88. The van der Waals surface area contributed by atoms with Crippen molar-refractivity contribution in [3.05, 3.63) is 64.9 Å². The van der Waals surface area contributed by atoms with Crippen LogP contribution < -0.4 is 10.6 Å². The summed E-state index contributed by atoms with van der Waals surface area (Å²) in [6.45, 7) is 0.379. The van der Waals surface area contributed by atoms with Crippen LogP contribution in [0.15, 0.2) is 48.5 Å². The number of nitrogens with zero attached hydrogens (tertiary/aromatic N) is 2. The Morgan fingerprint density at radius 3 is 2.63 bits per heavy atom. The molecule has 1 saturated carbocycles. The van der Waals surface area contributed by atoms with Crippen molar-refractivity contribution in [1.29, 1.82) is 0 Å². The van der Waals surface area contributed by atoms with Gasteiger partial charge in [0.05, 0.1) is 28.2 Å². The topological polar surface area (TPSA) is 76.0 Å². The van der Waals surface area contributed by atoms with Gasteiger partial charge in [-0.2, -0.15) is 0 Å². The van der Waals surface area contributed by atoms with Crippen LogP contribution in [0.5, 0.6) is 0 Å². The van der Waals surface area contributed by atoms with Crippen LogP contribution in [-0.4, -0.2) is 27.4 Å². The Balaban J connectivity index is 1.55. The van der Waals surface area contributed by atoms with Crippen molar-refractivity contribution in [2.75, 3.05) is 0 Å². The minimum Gasteiger partial charge on any atom is -0.352 e. The van der Waals surface area contributed by atoms with Gasteiger partial charge in [-0.25, -0.2) is 4.98 Å². The summed E-state index contributed by atoms with van der Waals surface area (Å²) < 4.78 is 1.85. The smallest absolute Gasteiger partial charge is 0.253 e. The third-order valence-corrected chi connectivity index (χ3v) is 4.83. The van der Waals surface area contributed by atoms with Gasteiger partial charge in [0.15, 0.2) is 0 Å². The van der Waals surface area contributed by atoms with Crippen molar-refractivity contribution in [1.82, 2.24) is 20.2 Å². The molecular formula is C20H19ClN4O2. The summed E-state index contributed by atoms with van der Waals surface area (Å²) in [5.74, 6) is 0.309. The summed E-state index contributed by atoms with van der Waals surface area (Å²) in [7, 11) is 0. The average molecular weight is 383 g/mol. The van der Waals surface area contributed by atoms with Crippen LogP contribution in [0.1, 0.15) is 29.0 Å². The minimum absolute atomic E-state index is 0.0423. The molecule has 2 amide bonds. The van der Waals surface area contributed by atoms with Crippen LogP contribution in [0.4, 0.5) is 0 Å². The maximum Gasteiger partial charge on any atom is 0.253 e. The molecule has 1 aromatic heterocycles. The zero-order chi connectivity index (χ0) is 18.8. The number of amides is 2. The number of imidazole rings is 1. The molecule has 2 N–H and O–H groups in total. The molecule has 7 heteroatoms. The first-order valence-corrected chi connectivity index (χ1v) is 9.26. The second-order valence-corrected chi connectivity index (χ2v) is 7.01. The van der Waals surface area contributed by atoms with Gasteiger partial charge >= 0.3 is 0 Å². The van der Waals surface area contributed by atoms with Crippen molar-refractivity contribution in [3.63, 3.8) is 0 Å². The number of nitrogens with one attached hydrogen (secondary N) is 2. The van der Waals surface area contributed by atoms with Gasteiger partial charge in [0.1, 0.15) is 12.4 Å². The second-order valence-electron chi connectivity index (χ2n) is 6.61. The molecule has 1 aliphatic carbocycles. The van der Waals surface area contributed by atoms with E-state index in [1.165, 1.54) is 0 Å². The number of fused-ring (bicyclic) bond motifs is 1. The lowest BCUT2D eigenvalue weighted by atomic mass is 10.2. The summed E-state index contributed by atoms with van der Waals surface area (Å²) >= 11 is 6.08. The van der Waals surface area contributed by atoms with E-state index < -0.39 is 0 Å². The zero-order valence-electron chi connectivity index (χ0n) is 14.6. The summed E-state index contributed by atoms with van der Waals surface area (Å²) in [6.07, 6.45) is 2.08. The highest BCUT2D eigenvalue weighted by Gasteiger charge is 2.24. The normalized spacial score (nSPS) is 13.5. The molecule has 0 radical (unpaired) electrons. The fraction of sp³-hybridized carbons (Fsp3) is 0.250. The van der Waals surface area contributed by atoms with Gasteiger partial charge in [-0.05, 0) is 37.1 Å². The van der Waals surface area contributed by atoms with E-state index in [-0.39, 0.29) is 24.9 Å². The highest BCUT2D eigenvalue weighted by molar-refractivity contribution is 6.33. The molecule has 0 spiro atoms. The Hall–Kier alpha value is -2.86. The Labute approximate surface area is 161 Å². The first kappa shape index (κ1) is 17.5. The number of carbonyl (C=O) groups is 2. The van der Waals surface area contributed by atoms with E-state index in [4.69, 9.17) is 11.6 Å². The quantitative estimate of drug-likeness (QED) is 0.688. The van der Waals surface area contributed by atoms with Crippen molar-refractivity contribution in [3.8, 4) is 0 Å². The van der Waals surface area contributed by atoms with Gasteiger partial charge in [0.2, 0.25) is 5.91 Å². The Morgan fingerprint density at radius 1 is 1.11 bits per heavy atom. The lowest BCUT2D eigenvalue weighted by molar-refractivity contribution is -0.121. The van der Waals surface area contributed by atoms with E-state index in [2.05, 4.69) is 15.6 Å². The number of hydrogen-bond donors (Lipinski definition) is 2. The number of carbonyl (C=O) groups excluding carboxylic acids is 2. The fourth-order valence-corrected chi connectivity index (χ4v) is 3.20. The molecule has 2 aromatic carbocycles. The van der Waals surface area contributed by atoms with Crippen molar-refractivity contribution < 1.29 is 9.59 Å². The van der Waals surface area contributed by atoms with Gasteiger partial charge < -0.3 is 15.2 Å².